The number of hydrogen-bond acceptors (Lipinski definition) is 3. The molecule has 0 saturated heterocycles. The molecule has 0 spiro atoms. The first-order valence-electron chi connectivity index (χ1n) is 6.27. The van der Waals surface area contributed by atoms with Crippen molar-refractivity contribution in [3.8, 4) is 5.75 Å². The van der Waals surface area contributed by atoms with E-state index < -0.39 is 18.3 Å². The van der Waals surface area contributed by atoms with E-state index in [-0.39, 0.29) is 17.2 Å². The van der Waals surface area contributed by atoms with Crippen molar-refractivity contribution in [3.05, 3.63) is 54.3 Å². The van der Waals surface area contributed by atoms with Gasteiger partial charge in [0, 0.05) is 4.90 Å². The van der Waals surface area contributed by atoms with Crippen molar-refractivity contribution >= 4 is 23.4 Å². The Bertz CT molecular complexity index is 652. The van der Waals surface area contributed by atoms with Gasteiger partial charge in [0.15, 0.2) is 0 Å². The minimum atomic E-state index is -2.98. The van der Waals surface area contributed by atoms with E-state index in [2.05, 4.69) is 10.1 Å². The molecule has 22 heavy (non-hydrogen) atoms. The van der Waals surface area contributed by atoms with Gasteiger partial charge in [-0.15, -0.1) is 11.8 Å². The third-order valence-corrected chi connectivity index (χ3v) is 3.62. The third kappa shape index (κ3) is 4.70. The third-order valence-electron chi connectivity index (χ3n) is 2.57. The van der Waals surface area contributed by atoms with Crippen molar-refractivity contribution in [2.45, 2.75) is 11.5 Å². The molecule has 0 bridgehead atoms. The molecular formula is C15H12F3NO2S. The zero-order valence-electron chi connectivity index (χ0n) is 11.3. The van der Waals surface area contributed by atoms with Crippen molar-refractivity contribution in [1.82, 2.24) is 0 Å². The molecule has 0 fully saturated rings. The summed E-state index contributed by atoms with van der Waals surface area (Å²) in [6.45, 7) is -2.98. The lowest BCUT2D eigenvalue weighted by atomic mass is 10.3. The first-order valence-corrected chi connectivity index (χ1v) is 7.26. The Balaban J connectivity index is 1.96. The number of hydrogen-bond donors (Lipinski definition) is 1. The van der Waals surface area contributed by atoms with Crippen LogP contribution in [0, 0.1) is 5.82 Å². The molecule has 0 saturated carbocycles. The van der Waals surface area contributed by atoms with Gasteiger partial charge in [-0.05, 0) is 24.3 Å². The maximum atomic E-state index is 13.4. The van der Waals surface area contributed by atoms with Crippen LogP contribution >= 0.6 is 11.8 Å². The highest BCUT2D eigenvalue weighted by atomic mass is 32.2. The maximum Gasteiger partial charge on any atom is 0.387 e. The smallest absolute Gasteiger partial charge is 0.387 e. The molecule has 2 rings (SSSR count). The average Bonchev–Trinajstić information content (AvgIpc) is 2.48. The quantitative estimate of drug-likeness (QED) is 0.810. The van der Waals surface area contributed by atoms with E-state index in [0.29, 0.717) is 4.90 Å². The Morgan fingerprint density at radius 3 is 2.55 bits per heavy atom. The number of thioether (sulfide) groups is 1. The number of carbonyl (C=O) groups is 1. The van der Waals surface area contributed by atoms with Gasteiger partial charge in [-0.2, -0.15) is 8.78 Å². The fourth-order valence-corrected chi connectivity index (χ4v) is 2.40. The number of para-hydroxylation sites is 2. The summed E-state index contributed by atoms with van der Waals surface area (Å²) in [7, 11) is 0. The van der Waals surface area contributed by atoms with Gasteiger partial charge in [0.25, 0.3) is 0 Å². The van der Waals surface area contributed by atoms with E-state index in [1.165, 1.54) is 24.3 Å². The van der Waals surface area contributed by atoms with Gasteiger partial charge in [0.2, 0.25) is 5.91 Å². The van der Waals surface area contributed by atoms with Gasteiger partial charge in [-0.3, -0.25) is 4.79 Å². The number of carbonyl (C=O) groups excluding carboxylic acids is 1. The first kappa shape index (κ1) is 16.2. The predicted molar refractivity (Wildman–Crippen MR) is 78.8 cm³/mol. The Labute approximate surface area is 129 Å². The normalized spacial score (nSPS) is 10.5. The highest BCUT2D eigenvalue weighted by Gasteiger charge is 2.12. The number of anilines is 1. The average molecular weight is 327 g/mol. The number of alkyl halides is 2. The van der Waals surface area contributed by atoms with Crippen LogP contribution in [0.5, 0.6) is 5.75 Å². The number of halogens is 3. The van der Waals surface area contributed by atoms with Gasteiger partial charge < -0.3 is 10.1 Å². The summed E-state index contributed by atoms with van der Waals surface area (Å²) in [6, 6.07) is 11.9. The van der Waals surface area contributed by atoms with Gasteiger partial charge in [0.1, 0.15) is 11.6 Å². The predicted octanol–water partition coefficient (Wildman–Crippen LogP) is 4.16. The molecule has 0 heterocycles. The fraction of sp³-hybridized carbons (Fsp3) is 0.133. The van der Waals surface area contributed by atoms with Crippen LogP contribution in [0.15, 0.2) is 53.4 Å². The molecule has 1 N–H and O–H groups in total. The minimum Gasteiger partial charge on any atom is -0.433 e. The lowest BCUT2D eigenvalue weighted by molar-refractivity contribution is -0.113. The SMILES string of the molecule is O=C(CSc1ccccc1F)Nc1ccccc1OC(F)F. The van der Waals surface area contributed by atoms with E-state index in [1.807, 2.05) is 0 Å². The molecule has 0 aliphatic rings. The molecule has 0 radical (unpaired) electrons. The van der Waals surface area contributed by atoms with Crippen LogP contribution < -0.4 is 10.1 Å². The highest BCUT2D eigenvalue weighted by molar-refractivity contribution is 8.00. The summed E-state index contributed by atoms with van der Waals surface area (Å²) in [5, 5.41) is 2.47. The van der Waals surface area contributed by atoms with Crippen LogP contribution in [0.2, 0.25) is 0 Å². The number of nitrogens with one attached hydrogen (secondary N) is 1. The van der Waals surface area contributed by atoms with Crippen LogP contribution in [-0.4, -0.2) is 18.3 Å². The highest BCUT2D eigenvalue weighted by Crippen LogP contribution is 2.26. The number of benzene rings is 2. The van der Waals surface area contributed by atoms with Crippen molar-refractivity contribution < 1.29 is 22.7 Å². The van der Waals surface area contributed by atoms with E-state index in [4.69, 9.17) is 0 Å². The summed E-state index contributed by atoms with van der Waals surface area (Å²) < 4.78 is 42.3. The molecule has 7 heteroatoms. The molecular weight excluding hydrogens is 315 g/mol. The number of ether oxygens (including phenoxy) is 1. The van der Waals surface area contributed by atoms with Crippen molar-refractivity contribution in [2.75, 3.05) is 11.1 Å². The Hall–Kier alpha value is -2.15. The molecule has 0 atom stereocenters. The zero-order valence-corrected chi connectivity index (χ0v) is 12.1. The van der Waals surface area contributed by atoms with Crippen LogP contribution in [0.25, 0.3) is 0 Å². The summed E-state index contributed by atoms with van der Waals surface area (Å²) in [5.41, 5.74) is 0.141. The standard InChI is InChI=1S/C15H12F3NO2S/c16-10-5-1-4-8-13(10)22-9-14(20)19-11-6-2-3-7-12(11)21-15(17)18/h1-8,15H,9H2,(H,19,20). The lowest BCUT2D eigenvalue weighted by Crippen LogP contribution is -2.15. The Morgan fingerprint density at radius 2 is 1.82 bits per heavy atom. The van der Waals surface area contributed by atoms with Gasteiger partial charge in [0.05, 0.1) is 11.4 Å². The second kappa shape index (κ2) is 7.74. The number of amides is 1. The van der Waals surface area contributed by atoms with E-state index in [0.717, 1.165) is 11.8 Å². The second-order valence-corrected chi connectivity index (χ2v) is 5.16. The summed E-state index contributed by atoms with van der Waals surface area (Å²) in [6.07, 6.45) is 0. The van der Waals surface area contributed by atoms with Crippen molar-refractivity contribution in [2.24, 2.45) is 0 Å². The molecule has 1 amide bonds. The van der Waals surface area contributed by atoms with E-state index in [9.17, 15) is 18.0 Å². The van der Waals surface area contributed by atoms with E-state index in [1.54, 1.807) is 24.3 Å². The van der Waals surface area contributed by atoms with Crippen LogP contribution in [0.4, 0.5) is 18.9 Å². The molecule has 0 unspecified atom stereocenters. The molecule has 0 aliphatic carbocycles. The Morgan fingerprint density at radius 1 is 1.14 bits per heavy atom. The largest absolute Gasteiger partial charge is 0.433 e. The topological polar surface area (TPSA) is 38.3 Å². The van der Waals surface area contributed by atoms with Crippen LogP contribution in [-0.2, 0) is 4.79 Å². The number of rotatable bonds is 6. The van der Waals surface area contributed by atoms with Crippen molar-refractivity contribution in [3.63, 3.8) is 0 Å². The molecule has 0 aliphatic heterocycles. The van der Waals surface area contributed by atoms with Gasteiger partial charge in [-0.1, -0.05) is 24.3 Å². The van der Waals surface area contributed by atoms with Gasteiger partial charge >= 0.3 is 6.61 Å². The molecule has 2 aromatic rings. The maximum absolute atomic E-state index is 13.4. The summed E-state index contributed by atoms with van der Waals surface area (Å²) >= 11 is 1.02. The summed E-state index contributed by atoms with van der Waals surface area (Å²) in [5.74, 6) is -1.04. The van der Waals surface area contributed by atoms with E-state index >= 15 is 0 Å². The Kier molecular flexibility index (Phi) is 5.71. The second-order valence-electron chi connectivity index (χ2n) is 4.14. The van der Waals surface area contributed by atoms with Gasteiger partial charge in [-0.25, -0.2) is 4.39 Å². The minimum absolute atomic E-state index is 0.0516. The molecule has 0 aromatic heterocycles. The zero-order chi connectivity index (χ0) is 15.9. The fourth-order valence-electron chi connectivity index (χ4n) is 1.66. The molecule has 2 aromatic carbocycles. The molecule has 116 valence electrons. The van der Waals surface area contributed by atoms with Crippen LogP contribution in [0.3, 0.4) is 0 Å². The molecule has 3 nitrogen and oxygen atoms in total. The van der Waals surface area contributed by atoms with Crippen molar-refractivity contribution in [1.29, 1.82) is 0 Å². The lowest BCUT2D eigenvalue weighted by Gasteiger charge is -2.11. The first-order chi connectivity index (χ1) is 10.6. The summed E-state index contributed by atoms with van der Waals surface area (Å²) in [4.78, 5) is 12.2. The van der Waals surface area contributed by atoms with Crippen LogP contribution in [0.1, 0.15) is 0 Å². The monoisotopic (exact) mass is 327 g/mol.